The first-order valence-electron chi connectivity index (χ1n) is 5.73. The van der Waals surface area contributed by atoms with Crippen LogP contribution in [0.4, 0.5) is 0 Å². The molecule has 82 valence electrons. The summed E-state index contributed by atoms with van der Waals surface area (Å²) in [6.07, 6.45) is 3.10. The van der Waals surface area contributed by atoms with Crippen LogP contribution in [0.5, 0.6) is 0 Å². The molecule has 0 radical (unpaired) electrons. The van der Waals surface area contributed by atoms with Crippen LogP contribution in [0.2, 0.25) is 0 Å². The zero-order chi connectivity index (χ0) is 10.7. The lowest BCUT2D eigenvalue weighted by Crippen LogP contribution is -2.37. The second kappa shape index (κ2) is 4.77. The number of hydrogen-bond acceptors (Lipinski definition) is 2. The first kappa shape index (κ1) is 10.7. The number of rotatable bonds is 4. The van der Waals surface area contributed by atoms with Gasteiger partial charge in [-0.1, -0.05) is 24.3 Å². The highest BCUT2D eigenvalue weighted by Crippen LogP contribution is 2.21. The second-order valence-corrected chi connectivity index (χ2v) is 4.45. The minimum Gasteiger partial charge on any atom is -0.396 e. The molecule has 1 aromatic rings. The van der Waals surface area contributed by atoms with Crippen molar-refractivity contribution in [2.45, 2.75) is 38.3 Å². The molecule has 0 spiro atoms. The SMILES string of the molecule is CC(CCO)NC1Cc2ccccc2C1. The Bertz CT molecular complexity index is 299. The van der Waals surface area contributed by atoms with Gasteiger partial charge < -0.3 is 10.4 Å². The number of nitrogens with one attached hydrogen (secondary N) is 1. The third-order valence-corrected chi connectivity index (χ3v) is 3.13. The Kier molecular flexibility index (Phi) is 3.39. The maximum atomic E-state index is 8.84. The van der Waals surface area contributed by atoms with E-state index >= 15 is 0 Å². The van der Waals surface area contributed by atoms with E-state index in [-0.39, 0.29) is 6.61 Å². The number of benzene rings is 1. The zero-order valence-corrected chi connectivity index (χ0v) is 9.24. The van der Waals surface area contributed by atoms with E-state index < -0.39 is 0 Å². The van der Waals surface area contributed by atoms with Gasteiger partial charge in [-0.3, -0.25) is 0 Å². The maximum Gasteiger partial charge on any atom is 0.0445 e. The second-order valence-electron chi connectivity index (χ2n) is 4.45. The topological polar surface area (TPSA) is 32.3 Å². The molecule has 1 unspecified atom stereocenters. The van der Waals surface area contributed by atoms with E-state index in [0.717, 1.165) is 19.3 Å². The van der Waals surface area contributed by atoms with E-state index in [9.17, 15) is 0 Å². The summed E-state index contributed by atoms with van der Waals surface area (Å²) in [6, 6.07) is 9.62. The molecule has 1 aliphatic carbocycles. The molecule has 0 aliphatic heterocycles. The lowest BCUT2D eigenvalue weighted by Gasteiger charge is -2.18. The molecule has 0 bridgehead atoms. The zero-order valence-electron chi connectivity index (χ0n) is 9.24. The van der Waals surface area contributed by atoms with Gasteiger partial charge in [0.25, 0.3) is 0 Å². The van der Waals surface area contributed by atoms with Crippen LogP contribution >= 0.6 is 0 Å². The first-order valence-corrected chi connectivity index (χ1v) is 5.73. The third kappa shape index (κ3) is 2.58. The van der Waals surface area contributed by atoms with Gasteiger partial charge >= 0.3 is 0 Å². The van der Waals surface area contributed by atoms with Crippen LogP contribution in [0.15, 0.2) is 24.3 Å². The molecule has 0 aromatic heterocycles. The third-order valence-electron chi connectivity index (χ3n) is 3.13. The van der Waals surface area contributed by atoms with Gasteiger partial charge in [-0.2, -0.15) is 0 Å². The average Bonchev–Trinajstić information content (AvgIpc) is 2.59. The van der Waals surface area contributed by atoms with Gasteiger partial charge in [-0.05, 0) is 37.3 Å². The number of aliphatic hydroxyl groups excluding tert-OH is 1. The van der Waals surface area contributed by atoms with Crippen molar-refractivity contribution >= 4 is 0 Å². The Morgan fingerprint density at radius 3 is 2.47 bits per heavy atom. The lowest BCUT2D eigenvalue weighted by molar-refractivity contribution is 0.263. The smallest absolute Gasteiger partial charge is 0.0445 e. The summed E-state index contributed by atoms with van der Waals surface area (Å²) in [6.45, 7) is 2.41. The molecule has 0 fully saturated rings. The Balaban J connectivity index is 1.90. The van der Waals surface area contributed by atoms with E-state index in [4.69, 9.17) is 5.11 Å². The van der Waals surface area contributed by atoms with Crippen molar-refractivity contribution in [1.82, 2.24) is 5.32 Å². The molecule has 1 atom stereocenters. The highest BCUT2D eigenvalue weighted by Gasteiger charge is 2.21. The van der Waals surface area contributed by atoms with Crippen LogP contribution < -0.4 is 5.32 Å². The van der Waals surface area contributed by atoms with Crippen molar-refractivity contribution in [3.8, 4) is 0 Å². The fourth-order valence-electron chi connectivity index (χ4n) is 2.36. The fourth-order valence-corrected chi connectivity index (χ4v) is 2.36. The molecular weight excluding hydrogens is 186 g/mol. The largest absolute Gasteiger partial charge is 0.396 e. The van der Waals surface area contributed by atoms with Gasteiger partial charge in [-0.25, -0.2) is 0 Å². The maximum absolute atomic E-state index is 8.84. The normalized spacial score (nSPS) is 17.7. The van der Waals surface area contributed by atoms with Crippen LogP contribution in [-0.4, -0.2) is 23.8 Å². The summed E-state index contributed by atoms with van der Waals surface area (Å²) >= 11 is 0. The van der Waals surface area contributed by atoms with E-state index in [1.807, 2.05) is 0 Å². The molecule has 2 nitrogen and oxygen atoms in total. The molecule has 15 heavy (non-hydrogen) atoms. The molecule has 2 heteroatoms. The van der Waals surface area contributed by atoms with Crippen molar-refractivity contribution in [2.24, 2.45) is 0 Å². The molecule has 2 rings (SSSR count). The summed E-state index contributed by atoms with van der Waals surface area (Å²) < 4.78 is 0. The first-order chi connectivity index (χ1) is 7.29. The van der Waals surface area contributed by atoms with Gasteiger partial charge in [0, 0.05) is 18.7 Å². The summed E-state index contributed by atoms with van der Waals surface area (Å²) in [5.41, 5.74) is 2.96. The monoisotopic (exact) mass is 205 g/mol. The minimum absolute atomic E-state index is 0.272. The number of aliphatic hydroxyl groups is 1. The minimum atomic E-state index is 0.272. The highest BCUT2D eigenvalue weighted by molar-refractivity contribution is 5.33. The van der Waals surface area contributed by atoms with Gasteiger partial charge in [0.1, 0.15) is 0 Å². The molecule has 1 aliphatic rings. The predicted molar refractivity (Wildman–Crippen MR) is 61.9 cm³/mol. The van der Waals surface area contributed by atoms with Gasteiger partial charge in [-0.15, -0.1) is 0 Å². The van der Waals surface area contributed by atoms with Crippen LogP contribution in [-0.2, 0) is 12.8 Å². The van der Waals surface area contributed by atoms with Gasteiger partial charge in [0.15, 0.2) is 0 Å². The van der Waals surface area contributed by atoms with Crippen molar-refractivity contribution in [2.75, 3.05) is 6.61 Å². The van der Waals surface area contributed by atoms with Crippen molar-refractivity contribution in [1.29, 1.82) is 0 Å². The van der Waals surface area contributed by atoms with Crippen molar-refractivity contribution < 1.29 is 5.11 Å². The van der Waals surface area contributed by atoms with Crippen LogP contribution in [0, 0.1) is 0 Å². The molecular formula is C13H19NO. The molecule has 0 saturated heterocycles. The number of hydrogen-bond donors (Lipinski definition) is 2. The summed E-state index contributed by atoms with van der Waals surface area (Å²) in [4.78, 5) is 0. The Labute approximate surface area is 91.3 Å². The molecule has 0 heterocycles. The predicted octanol–water partition coefficient (Wildman–Crippen LogP) is 1.51. The van der Waals surface area contributed by atoms with Crippen LogP contribution in [0.3, 0.4) is 0 Å². The summed E-state index contributed by atoms with van der Waals surface area (Å²) in [7, 11) is 0. The number of fused-ring (bicyclic) bond motifs is 1. The van der Waals surface area contributed by atoms with Crippen molar-refractivity contribution in [3.63, 3.8) is 0 Å². The Morgan fingerprint density at radius 2 is 1.93 bits per heavy atom. The lowest BCUT2D eigenvalue weighted by atomic mass is 10.1. The Hall–Kier alpha value is -0.860. The highest BCUT2D eigenvalue weighted by atomic mass is 16.3. The molecule has 0 amide bonds. The van der Waals surface area contributed by atoms with E-state index in [2.05, 4.69) is 36.5 Å². The van der Waals surface area contributed by atoms with Gasteiger partial charge in [0.2, 0.25) is 0 Å². The molecule has 1 aromatic carbocycles. The van der Waals surface area contributed by atoms with E-state index in [0.29, 0.717) is 12.1 Å². The standard InChI is InChI=1S/C13H19NO/c1-10(6-7-15)14-13-8-11-4-2-3-5-12(11)9-13/h2-5,10,13-15H,6-9H2,1H3. The summed E-state index contributed by atoms with van der Waals surface area (Å²) in [5, 5.41) is 12.4. The fraction of sp³-hybridized carbons (Fsp3) is 0.538. The van der Waals surface area contributed by atoms with E-state index in [1.54, 1.807) is 0 Å². The molecule has 0 saturated carbocycles. The van der Waals surface area contributed by atoms with Gasteiger partial charge in [0.05, 0.1) is 0 Å². The average molecular weight is 205 g/mol. The molecule has 2 N–H and O–H groups in total. The van der Waals surface area contributed by atoms with Crippen LogP contribution in [0.1, 0.15) is 24.5 Å². The quantitative estimate of drug-likeness (QED) is 0.781. The van der Waals surface area contributed by atoms with Crippen molar-refractivity contribution in [3.05, 3.63) is 35.4 Å². The van der Waals surface area contributed by atoms with Crippen LogP contribution in [0.25, 0.3) is 0 Å². The van der Waals surface area contributed by atoms with E-state index in [1.165, 1.54) is 11.1 Å². The summed E-state index contributed by atoms with van der Waals surface area (Å²) in [5.74, 6) is 0. The Morgan fingerprint density at radius 1 is 1.33 bits per heavy atom.